The van der Waals surface area contributed by atoms with Gasteiger partial charge in [-0.1, -0.05) is 84.4 Å². The molecular weight excluding hydrogens is 411 g/mol. The molecule has 0 radical (unpaired) electrons. The van der Waals surface area contributed by atoms with Crippen molar-refractivity contribution in [2.24, 2.45) is 0 Å². The first-order valence-electron chi connectivity index (χ1n) is 9.97. The lowest BCUT2D eigenvalue weighted by Crippen LogP contribution is -2.43. The Morgan fingerprint density at radius 3 is 2.06 bits per heavy atom. The van der Waals surface area contributed by atoms with Gasteiger partial charge in [0.25, 0.3) is 0 Å². The molecule has 1 atom stereocenters. The summed E-state index contributed by atoms with van der Waals surface area (Å²) in [7, 11) is 0. The van der Waals surface area contributed by atoms with Crippen LogP contribution in [-0.4, -0.2) is 5.78 Å². The van der Waals surface area contributed by atoms with Gasteiger partial charge in [-0.15, -0.1) is 0 Å². The molecule has 0 spiro atoms. The smallest absolute Gasteiger partial charge is 0.204 e. The van der Waals surface area contributed by atoms with Gasteiger partial charge in [0.2, 0.25) is 5.78 Å². The normalized spacial score (nSPS) is 17.9. The van der Waals surface area contributed by atoms with Crippen molar-refractivity contribution >= 4 is 17.4 Å². The third-order valence-corrected chi connectivity index (χ3v) is 5.96. The van der Waals surface area contributed by atoms with Crippen LogP contribution < -0.4 is 0 Å². The van der Waals surface area contributed by atoms with E-state index in [1.807, 2.05) is 60.7 Å². The summed E-state index contributed by atoms with van der Waals surface area (Å²) in [4.78, 5) is 13.9. The van der Waals surface area contributed by atoms with Gasteiger partial charge in [-0.2, -0.15) is 0 Å². The highest BCUT2D eigenvalue weighted by Gasteiger charge is 2.47. The number of ketones is 1. The lowest BCUT2D eigenvalue weighted by Gasteiger charge is -2.37. The van der Waals surface area contributed by atoms with Crippen molar-refractivity contribution in [3.63, 3.8) is 0 Å². The van der Waals surface area contributed by atoms with Gasteiger partial charge in [0.1, 0.15) is 5.82 Å². The Kier molecular flexibility index (Phi) is 4.93. The fraction of sp³-hybridized carbons (Fsp3) is 0.0741. The van der Waals surface area contributed by atoms with Gasteiger partial charge in [-0.05, 0) is 52.1 Å². The van der Waals surface area contributed by atoms with Crippen molar-refractivity contribution in [2.45, 2.75) is 12.2 Å². The van der Waals surface area contributed by atoms with Crippen LogP contribution in [0.3, 0.4) is 0 Å². The van der Waals surface area contributed by atoms with Crippen molar-refractivity contribution < 1.29 is 13.9 Å². The van der Waals surface area contributed by atoms with Crippen LogP contribution in [0.15, 0.2) is 97.1 Å². The van der Waals surface area contributed by atoms with Gasteiger partial charge in [-0.3, -0.25) is 4.79 Å². The van der Waals surface area contributed by atoms with Crippen LogP contribution in [0.1, 0.15) is 27.0 Å². The van der Waals surface area contributed by atoms with Crippen LogP contribution in [0.25, 0.3) is 11.1 Å². The molecule has 1 heterocycles. The number of hydrogen-bond donors (Lipinski definition) is 0. The van der Waals surface area contributed by atoms with Crippen LogP contribution in [0.2, 0.25) is 5.02 Å². The summed E-state index contributed by atoms with van der Waals surface area (Å²) in [5.74, 6) is -0.583. The molecule has 152 valence electrons. The highest BCUT2D eigenvalue weighted by atomic mass is 35.5. The van der Waals surface area contributed by atoms with Crippen molar-refractivity contribution in [3.8, 4) is 11.1 Å². The number of carbonyl (C=O) groups excluding carboxylic acids is 1. The van der Waals surface area contributed by atoms with E-state index < -0.39 is 5.60 Å². The fourth-order valence-corrected chi connectivity index (χ4v) is 4.31. The largest absolute Gasteiger partial charge is 0.353 e. The Morgan fingerprint density at radius 1 is 0.774 bits per heavy atom. The molecule has 0 N–H and O–H groups in total. The predicted molar refractivity (Wildman–Crippen MR) is 120 cm³/mol. The summed E-state index contributed by atoms with van der Waals surface area (Å²) in [6.45, 7) is 0.246. The molecule has 1 aliphatic rings. The van der Waals surface area contributed by atoms with Crippen molar-refractivity contribution in [2.75, 3.05) is 0 Å². The average Bonchev–Trinajstić information content (AvgIpc) is 2.81. The summed E-state index contributed by atoms with van der Waals surface area (Å²) < 4.78 is 20.0. The molecular formula is C27H18ClFO2. The third kappa shape index (κ3) is 3.36. The first-order chi connectivity index (χ1) is 15.1. The molecule has 2 nitrogen and oxygen atoms in total. The Hall–Kier alpha value is -3.27. The highest BCUT2D eigenvalue weighted by molar-refractivity contribution is 6.31. The average molecular weight is 429 g/mol. The quantitative estimate of drug-likeness (QED) is 0.358. The molecule has 4 aromatic rings. The Morgan fingerprint density at radius 2 is 1.39 bits per heavy atom. The topological polar surface area (TPSA) is 26.3 Å². The van der Waals surface area contributed by atoms with Crippen LogP contribution in [-0.2, 0) is 16.9 Å². The van der Waals surface area contributed by atoms with E-state index in [1.165, 1.54) is 12.1 Å². The van der Waals surface area contributed by atoms with Gasteiger partial charge in [0.05, 0.1) is 6.61 Å². The van der Waals surface area contributed by atoms with Crippen LogP contribution >= 0.6 is 11.6 Å². The Bertz CT molecular complexity index is 1250. The zero-order valence-electron chi connectivity index (χ0n) is 16.5. The maximum atomic E-state index is 13.9. The van der Waals surface area contributed by atoms with Crippen molar-refractivity contribution in [1.82, 2.24) is 0 Å². The van der Waals surface area contributed by atoms with Crippen LogP contribution in [0.5, 0.6) is 0 Å². The van der Waals surface area contributed by atoms with E-state index in [2.05, 4.69) is 0 Å². The number of halogens is 2. The minimum atomic E-state index is -1.37. The Balaban J connectivity index is 1.67. The number of ether oxygens (including phenoxy) is 1. The highest BCUT2D eigenvalue weighted by Crippen LogP contribution is 2.43. The molecule has 0 aromatic heterocycles. The van der Waals surface area contributed by atoms with E-state index in [0.717, 1.165) is 16.7 Å². The molecule has 0 saturated carbocycles. The van der Waals surface area contributed by atoms with E-state index in [1.54, 1.807) is 24.3 Å². The Labute approximate surface area is 184 Å². The monoisotopic (exact) mass is 428 g/mol. The van der Waals surface area contributed by atoms with Crippen molar-refractivity contribution in [3.05, 3.63) is 130 Å². The second-order valence-corrected chi connectivity index (χ2v) is 7.99. The van der Waals surface area contributed by atoms with Gasteiger partial charge >= 0.3 is 0 Å². The maximum absolute atomic E-state index is 13.9. The molecule has 1 unspecified atom stereocenters. The lowest BCUT2D eigenvalue weighted by molar-refractivity contribution is -0.0221. The van der Waals surface area contributed by atoms with E-state index in [9.17, 15) is 9.18 Å². The zero-order valence-corrected chi connectivity index (χ0v) is 17.3. The van der Waals surface area contributed by atoms with Crippen molar-refractivity contribution in [1.29, 1.82) is 0 Å². The number of benzene rings is 4. The second-order valence-electron chi connectivity index (χ2n) is 7.55. The summed E-state index contributed by atoms with van der Waals surface area (Å²) >= 11 is 6.19. The maximum Gasteiger partial charge on any atom is 0.204 e. The third-order valence-electron chi connectivity index (χ3n) is 5.73. The fourth-order valence-electron chi connectivity index (χ4n) is 4.14. The minimum absolute atomic E-state index is 0.213. The number of carbonyl (C=O) groups is 1. The second kappa shape index (κ2) is 7.77. The van der Waals surface area contributed by atoms with E-state index in [4.69, 9.17) is 16.3 Å². The number of hydrogen-bond acceptors (Lipinski definition) is 2. The van der Waals surface area contributed by atoms with Crippen LogP contribution in [0.4, 0.5) is 4.39 Å². The molecule has 0 saturated heterocycles. The molecule has 0 fully saturated rings. The lowest BCUT2D eigenvalue weighted by atomic mass is 9.77. The molecule has 1 aliphatic heterocycles. The summed E-state index contributed by atoms with van der Waals surface area (Å²) in [6.07, 6.45) is 0. The molecule has 0 amide bonds. The minimum Gasteiger partial charge on any atom is -0.353 e. The molecule has 5 rings (SSSR count). The van der Waals surface area contributed by atoms with Gasteiger partial charge in [0, 0.05) is 10.6 Å². The zero-order chi connectivity index (χ0) is 21.4. The molecule has 31 heavy (non-hydrogen) atoms. The summed E-state index contributed by atoms with van der Waals surface area (Å²) in [5, 5.41) is 0.487. The van der Waals surface area contributed by atoms with E-state index in [0.29, 0.717) is 21.7 Å². The summed E-state index contributed by atoms with van der Waals surface area (Å²) in [5.41, 5.74) is 3.32. The number of Topliss-reactive ketones (excluding diaryl/α,β-unsaturated/α-hetero) is 1. The van der Waals surface area contributed by atoms with E-state index in [-0.39, 0.29) is 18.2 Å². The first-order valence-corrected chi connectivity index (χ1v) is 10.3. The standard InChI is InChI=1S/C27H18ClFO2/c28-23-13-8-20-17-31-27(26(30)25(20)16-23,22-11-14-24(29)15-12-22)21-9-6-19(7-10-21)18-4-2-1-3-5-18/h1-16H,17H2. The number of fused-ring (bicyclic) bond motifs is 1. The molecule has 4 heteroatoms. The van der Waals surface area contributed by atoms with E-state index >= 15 is 0 Å². The summed E-state index contributed by atoms with van der Waals surface area (Å²) in [6, 6.07) is 28.9. The molecule has 4 aromatic carbocycles. The molecule has 0 aliphatic carbocycles. The first kappa shape index (κ1) is 19.7. The predicted octanol–water partition coefficient (Wildman–Crippen LogP) is 6.80. The van der Waals surface area contributed by atoms with Crippen LogP contribution in [0, 0.1) is 5.82 Å². The SMILES string of the molecule is O=C1c2cc(Cl)ccc2COC1(c1ccc(F)cc1)c1ccc(-c2ccccc2)cc1. The van der Waals surface area contributed by atoms with Gasteiger partial charge in [0.15, 0.2) is 5.60 Å². The number of rotatable bonds is 3. The van der Waals surface area contributed by atoms with Gasteiger partial charge in [-0.25, -0.2) is 4.39 Å². The molecule has 0 bridgehead atoms. The van der Waals surface area contributed by atoms with Gasteiger partial charge < -0.3 is 4.74 Å².